The molecular formula is C20H24N2OS. The van der Waals surface area contributed by atoms with Crippen LogP contribution in [0.15, 0.2) is 24.3 Å². The van der Waals surface area contributed by atoms with E-state index in [2.05, 4.69) is 55.7 Å². The van der Waals surface area contributed by atoms with Gasteiger partial charge in [-0.2, -0.15) is 0 Å². The summed E-state index contributed by atoms with van der Waals surface area (Å²) in [6.45, 7) is 6.69. The van der Waals surface area contributed by atoms with Crippen molar-refractivity contribution >= 4 is 22.2 Å². The molecule has 0 fully saturated rings. The molecule has 1 aliphatic heterocycles. The predicted molar refractivity (Wildman–Crippen MR) is 99.9 cm³/mol. The van der Waals surface area contributed by atoms with Crippen LogP contribution in [-0.4, -0.2) is 5.91 Å². The lowest BCUT2D eigenvalue weighted by atomic mass is 9.88. The fourth-order valence-corrected chi connectivity index (χ4v) is 5.14. The number of hydrogen-bond donors (Lipinski definition) is 2. The Bertz CT molecular complexity index is 776. The molecule has 2 aromatic rings. The highest BCUT2D eigenvalue weighted by atomic mass is 32.1. The maximum Gasteiger partial charge on any atom is 0.256 e. The predicted octanol–water partition coefficient (Wildman–Crippen LogP) is 4.85. The van der Waals surface area contributed by atoms with Crippen molar-refractivity contribution in [3.63, 3.8) is 0 Å². The first kappa shape index (κ1) is 15.7. The van der Waals surface area contributed by atoms with E-state index in [1.165, 1.54) is 22.4 Å². The normalized spacial score (nSPS) is 22.6. The van der Waals surface area contributed by atoms with Gasteiger partial charge in [-0.3, -0.25) is 4.79 Å². The van der Waals surface area contributed by atoms with E-state index in [4.69, 9.17) is 0 Å². The van der Waals surface area contributed by atoms with Crippen LogP contribution in [0.25, 0.3) is 0 Å². The zero-order valence-electron chi connectivity index (χ0n) is 14.5. The number of carbonyl (C=O) groups excluding carboxylic acids is 1. The van der Waals surface area contributed by atoms with Crippen LogP contribution in [0, 0.1) is 5.92 Å². The van der Waals surface area contributed by atoms with Gasteiger partial charge in [0.05, 0.1) is 5.56 Å². The van der Waals surface area contributed by atoms with Gasteiger partial charge in [-0.25, -0.2) is 0 Å². The summed E-state index contributed by atoms with van der Waals surface area (Å²) in [5, 5.41) is 7.74. The Hall–Kier alpha value is -1.81. The van der Waals surface area contributed by atoms with Gasteiger partial charge >= 0.3 is 0 Å². The third kappa shape index (κ3) is 2.63. The Morgan fingerprint density at radius 3 is 2.62 bits per heavy atom. The molecule has 2 N–H and O–H groups in total. The molecule has 126 valence electrons. The second kappa shape index (κ2) is 5.92. The van der Waals surface area contributed by atoms with Crippen LogP contribution in [-0.2, 0) is 12.8 Å². The lowest BCUT2D eigenvalue weighted by Gasteiger charge is -2.27. The Kier molecular flexibility index (Phi) is 3.87. The van der Waals surface area contributed by atoms with Gasteiger partial charge in [-0.05, 0) is 47.8 Å². The molecule has 0 radical (unpaired) electrons. The molecule has 0 spiro atoms. The number of hydrogen-bond acceptors (Lipinski definition) is 3. The first-order chi connectivity index (χ1) is 11.5. The zero-order chi connectivity index (χ0) is 16.8. The quantitative estimate of drug-likeness (QED) is 0.820. The standard InChI is InChI=1S/C20H24N2OS/c1-11(2)13-5-7-14(8-6-13)18-21-19(23)17-15-9-4-12(3)10-16(15)24-20(17)22-18/h5-8,11-12,18,22H,4,9-10H2,1-3H3,(H,21,23)/t12-,18+/m0/s1. The van der Waals surface area contributed by atoms with E-state index in [-0.39, 0.29) is 12.1 Å². The van der Waals surface area contributed by atoms with E-state index in [1.807, 2.05) is 0 Å². The highest BCUT2D eigenvalue weighted by molar-refractivity contribution is 7.16. The summed E-state index contributed by atoms with van der Waals surface area (Å²) in [5.41, 5.74) is 4.61. The SMILES string of the molecule is CC(C)c1ccc([C@@H]2NC(=O)c3c(sc4c3CC[C@H](C)C4)N2)cc1. The lowest BCUT2D eigenvalue weighted by Crippen LogP contribution is -2.38. The van der Waals surface area contributed by atoms with Crippen LogP contribution in [0.4, 0.5) is 5.00 Å². The maximum atomic E-state index is 12.7. The fourth-order valence-electron chi connectivity index (χ4n) is 3.70. The monoisotopic (exact) mass is 340 g/mol. The van der Waals surface area contributed by atoms with Gasteiger partial charge < -0.3 is 10.6 Å². The molecule has 3 nitrogen and oxygen atoms in total. The van der Waals surface area contributed by atoms with Crippen molar-refractivity contribution in [3.8, 4) is 0 Å². The van der Waals surface area contributed by atoms with E-state index in [9.17, 15) is 4.79 Å². The Morgan fingerprint density at radius 2 is 1.92 bits per heavy atom. The van der Waals surface area contributed by atoms with Crippen LogP contribution < -0.4 is 10.6 Å². The van der Waals surface area contributed by atoms with Crippen LogP contribution in [0.1, 0.15) is 71.2 Å². The van der Waals surface area contributed by atoms with Gasteiger partial charge in [0.25, 0.3) is 5.91 Å². The summed E-state index contributed by atoms with van der Waals surface area (Å²) in [5.74, 6) is 1.32. The molecule has 4 rings (SSSR count). The topological polar surface area (TPSA) is 41.1 Å². The molecule has 1 aromatic carbocycles. The van der Waals surface area contributed by atoms with E-state index in [0.29, 0.717) is 5.92 Å². The number of rotatable bonds is 2. The highest BCUT2D eigenvalue weighted by Crippen LogP contribution is 2.42. The molecule has 0 saturated carbocycles. The van der Waals surface area contributed by atoms with Crippen LogP contribution >= 0.6 is 11.3 Å². The van der Waals surface area contributed by atoms with Gasteiger partial charge in [0.15, 0.2) is 0 Å². The van der Waals surface area contributed by atoms with Gasteiger partial charge in [0.1, 0.15) is 11.2 Å². The molecule has 0 saturated heterocycles. The summed E-state index contributed by atoms with van der Waals surface area (Å²) < 4.78 is 0. The van der Waals surface area contributed by atoms with Crippen LogP contribution in [0.3, 0.4) is 0 Å². The number of nitrogens with one attached hydrogen (secondary N) is 2. The second-order valence-corrected chi connectivity index (χ2v) is 8.53. The van der Waals surface area contributed by atoms with E-state index >= 15 is 0 Å². The molecule has 4 heteroatoms. The molecule has 0 unspecified atom stereocenters. The molecule has 2 heterocycles. The van der Waals surface area contributed by atoms with Gasteiger partial charge in [0.2, 0.25) is 0 Å². The van der Waals surface area contributed by atoms with E-state index < -0.39 is 0 Å². The van der Waals surface area contributed by atoms with Crippen molar-refractivity contribution in [3.05, 3.63) is 51.4 Å². The Balaban J connectivity index is 1.63. The number of benzene rings is 1. The van der Waals surface area contributed by atoms with E-state index in [0.717, 1.165) is 34.9 Å². The number of amides is 1. The van der Waals surface area contributed by atoms with Crippen molar-refractivity contribution in [1.82, 2.24) is 5.32 Å². The fraction of sp³-hybridized carbons (Fsp3) is 0.450. The average Bonchev–Trinajstić information content (AvgIpc) is 2.92. The largest absolute Gasteiger partial charge is 0.353 e. The molecule has 1 aromatic heterocycles. The van der Waals surface area contributed by atoms with Crippen molar-refractivity contribution in [2.24, 2.45) is 5.92 Å². The summed E-state index contributed by atoms with van der Waals surface area (Å²) in [6.07, 6.45) is 3.19. The average molecular weight is 340 g/mol. The summed E-state index contributed by atoms with van der Waals surface area (Å²) >= 11 is 1.78. The summed E-state index contributed by atoms with van der Waals surface area (Å²) in [6, 6.07) is 8.55. The first-order valence-electron chi connectivity index (χ1n) is 8.84. The van der Waals surface area contributed by atoms with Crippen LogP contribution in [0.5, 0.6) is 0 Å². The molecule has 24 heavy (non-hydrogen) atoms. The third-order valence-electron chi connectivity index (χ3n) is 5.23. The maximum absolute atomic E-state index is 12.7. The minimum atomic E-state index is -0.135. The second-order valence-electron chi connectivity index (χ2n) is 7.43. The van der Waals surface area contributed by atoms with Crippen molar-refractivity contribution in [1.29, 1.82) is 0 Å². The number of carbonyl (C=O) groups is 1. The molecule has 1 amide bonds. The van der Waals surface area contributed by atoms with Crippen molar-refractivity contribution in [2.45, 2.75) is 52.1 Å². The van der Waals surface area contributed by atoms with Crippen molar-refractivity contribution in [2.75, 3.05) is 5.32 Å². The smallest absolute Gasteiger partial charge is 0.256 e. The van der Waals surface area contributed by atoms with E-state index in [1.54, 1.807) is 11.3 Å². The first-order valence-corrected chi connectivity index (χ1v) is 9.66. The van der Waals surface area contributed by atoms with Gasteiger partial charge in [-0.1, -0.05) is 45.0 Å². The number of anilines is 1. The van der Waals surface area contributed by atoms with Gasteiger partial charge in [-0.15, -0.1) is 11.3 Å². The lowest BCUT2D eigenvalue weighted by molar-refractivity contribution is 0.0935. The minimum Gasteiger partial charge on any atom is -0.353 e. The molecule has 0 bridgehead atoms. The van der Waals surface area contributed by atoms with Crippen molar-refractivity contribution < 1.29 is 4.79 Å². The Morgan fingerprint density at radius 1 is 1.17 bits per heavy atom. The molecular weight excluding hydrogens is 316 g/mol. The number of fused-ring (bicyclic) bond motifs is 3. The Labute approximate surface area is 147 Å². The van der Waals surface area contributed by atoms with Crippen LogP contribution in [0.2, 0.25) is 0 Å². The molecule has 2 aliphatic rings. The minimum absolute atomic E-state index is 0.0775. The summed E-state index contributed by atoms with van der Waals surface area (Å²) in [4.78, 5) is 14.1. The molecule has 2 atom stereocenters. The summed E-state index contributed by atoms with van der Waals surface area (Å²) in [7, 11) is 0. The highest BCUT2D eigenvalue weighted by Gasteiger charge is 2.32. The number of thiophene rings is 1. The zero-order valence-corrected chi connectivity index (χ0v) is 15.3. The van der Waals surface area contributed by atoms with Gasteiger partial charge in [0, 0.05) is 4.88 Å². The third-order valence-corrected chi connectivity index (χ3v) is 6.41. The molecule has 1 aliphatic carbocycles.